The number of esters is 3. The molecule has 0 unspecified atom stereocenters. The quantitative estimate of drug-likeness (QED) is 0.104. The Morgan fingerprint density at radius 2 is 0.755 bits per heavy atom. The van der Waals surface area contributed by atoms with Crippen LogP contribution in [0, 0.1) is 0 Å². The zero-order chi connectivity index (χ0) is 41.0. The van der Waals surface area contributed by atoms with Gasteiger partial charge in [-0.2, -0.15) is 0 Å². The molecule has 0 aliphatic carbocycles. The molecule has 286 valence electrons. The lowest BCUT2D eigenvalue weighted by Crippen LogP contribution is -2.07. The zero-order valence-electron chi connectivity index (χ0n) is 32.8. The third-order valence-electron chi connectivity index (χ3n) is 5.78. The first-order valence-corrected chi connectivity index (χ1v) is 16.8. The van der Waals surface area contributed by atoms with E-state index in [0.29, 0.717) is 29.1 Å². The minimum absolute atomic E-state index is 0.312. The van der Waals surface area contributed by atoms with Gasteiger partial charge in [0.1, 0.15) is 5.75 Å². The van der Waals surface area contributed by atoms with E-state index >= 15 is 0 Å². The van der Waals surface area contributed by atoms with Crippen LogP contribution in [-0.4, -0.2) is 56.1 Å². The van der Waals surface area contributed by atoms with Crippen molar-refractivity contribution in [1.29, 1.82) is 0 Å². The van der Waals surface area contributed by atoms with Crippen LogP contribution in [-0.2, 0) is 23.9 Å². The van der Waals surface area contributed by atoms with Gasteiger partial charge in [0.2, 0.25) is 0 Å². The van der Waals surface area contributed by atoms with Crippen LogP contribution in [0.25, 0.3) is 21.5 Å². The van der Waals surface area contributed by atoms with Crippen LogP contribution in [0.3, 0.4) is 0 Å². The van der Waals surface area contributed by atoms with E-state index in [4.69, 9.17) is 14.9 Å². The van der Waals surface area contributed by atoms with Crippen LogP contribution in [0.2, 0.25) is 0 Å². The number of fused-ring (bicyclic) bond motifs is 2. The lowest BCUT2D eigenvalue weighted by Gasteiger charge is -2.01. The Morgan fingerprint density at radius 3 is 0.943 bits per heavy atom. The molecule has 0 aliphatic heterocycles. The number of hydrogen-bond acceptors (Lipinski definition) is 8. The Hall–Kier alpha value is -5.83. The normalized spacial score (nSPS) is 8.43. The third-order valence-corrected chi connectivity index (χ3v) is 5.78. The highest BCUT2D eigenvalue weighted by molar-refractivity contribution is 5.89. The van der Waals surface area contributed by atoms with Gasteiger partial charge < -0.3 is 24.4 Å². The number of methoxy groups -OCH3 is 1. The second kappa shape index (κ2) is 34.6. The van der Waals surface area contributed by atoms with Gasteiger partial charge in [-0.3, -0.25) is 0 Å². The molecule has 0 amide bonds. The van der Waals surface area contributed by atoms with Gasteiger partial charge in [-0.05, 0) is 61.4 Å². The summed E-state index contributed by atoms with van der Waals surface area (Å²) in [5.41, 5.74) is 1.29. The molecule has 0 aromatic heterocycles. The highest BCUT2D eigenvalue weighted by atomic mass is 16.5. The summed E-state index contributed by atoms with van der Waals surface area (Å²) in [6.45, 7) is 21.3. The predicted octanol–water partition coefficient (Wildman–Crippen LogP) is 9.95. The van der Waals surface area contributed by atoms with Crippen molar-refractivity contribution in [3.8, 4) is 5.75 Å². The van der Waals surface area contributed by atoms with Crippen molar-refractivity contribution >= 4 is 39.5 Å². The lowest BCUT2D eigenvalue weighted by atomic mass is 10.1. The molecule has 2 N–H and O–H groups in total. The Kier molecular flexibility index (Phi) is 33.7. The van der Waals surface area contributed by atoms with Crippen LogP contribution in [0.15, 0.2) is 164 Å². The van der Waals surface area contributed by atoms with Crippen molar-refractivity contribution in [2.75, 3.05) is 27.9 Å². The van der Waals surface area contributed by atoms with Gasteiger partial charge in [-0.1, -0.05) is 149 Å². The van der Waals surface area contributed by atoms with E-state index in [2.05, 4.69) is 126 Å². The zero-order valence-corrected chi connectivity index (χ0v) is 32.8. The van der Waals surface area contributed by atoms with E-state index in [9.17, 15) is 14.4 Å². The van der Waals surface area contributed by atoms with Gasteiger partial charge in [0.25, 0.3) is 0 Å². The first-order chi connectivity index (χ1) is 25.5. The van der Waals surface area contributed by atoms with Crippen molar-refractivity contribution < 1.29 is 38.8 Å². The number of aliphatic hydroxyl groups excluding tert-OH is 2. The summed E-state index contributed by atoms with van der Waals surface area (Å²) in [7, 11) is 3.33. The lowest BCUT2D eigenvalue weighted by molar-refractivity contribution is -0.138. The molecule has 0 saturated heterocycles. The molecule has 0 fully saturated rings. The smallest absolute Gasteiger partial charge is 0.338 e. The van der Waals surface area contributed by atoms with Crippen molar-refractivity contribution in [2.24, 2.45) is 0 Å². The molecule has 0 atom stereocenters. The number of hydrogen-bond donors (Lipinski definition) is 2. The van der Waals surface area contributed by atoms with Gasteiger partial charge in [0, 0.05) is 30.9 Å². The van der Waals surface area contributed by atoms with E-state index in [-0.39, 0.29) is 17.9 Å². The molecule has 0 aliphatic rings. The van der Waals surface area contributed by atoms with Crippen LogP contribution >= 0.6 is 0 Å². The molecule has 8 heteroatoms. The minimum atomic E-state index is -0.388. The van der Waals surface area contributed by atoms with Crippen molar-refractivity contribution in [3.63, 3.8) is 0 Å². The average molecular weight is 727 g/mol. The molecule has 8 nitrogen and oxygen atoms in total. The molecule has 0 saturated carbocycles. The standard InChI is InChI=1S/C10H10O2.2C10H8.C6H10O2.C5H8O2.C2H6.2CH4O/c1-8(2)10(11)12-9-6-4-3-5-7-9;2*1-2-6-10-8-4-3-7-9(10)5-1;1-4-8-6(7)5(2)3;1-4(2)5(6)7-3;3*1-2/h3-7H,1H2,2H3;2*1-8H;2,4H2,1,3H3;1H2,2-3H3;1-2H3;2*2H,1H3. The number of aliphatic hydroxyl groups is 2. The highest BCUT2D eigenvalue weighted by Crippen LogP contribution is 2.12. The molecule has 53 heavy (non-hydrogen) atoms. The van der Waals surface area contributed by atoms with Crippen LogP contribution in [0.5, 0.6) is 5.75 Å². The molecule has 5 rings (SSSR count). The van der Waals surface area contributed by atoms with Gasteiger partial charge in [-0.15, -0.1) is 0 Å². The second-order valence-corrected chi connectivity index (χ2v) is 9.95. The van der Waals surface area contributed by atoms with Gasteiger partial charge in [0.15, 0.2) is 0 Å². The maximum absolute atomic E-state index is 11.0. The van der Waals surface area contributed by atoms with Crippen molar-refractivity contribution in [1.82, 2.24) is 0 Å². The molecular formula is C45H58O8. The van der Waals surface area contributed by atoms with E-state index < -0.39 is 0 Å². The maximum Gasteiger partial charge on any atom is 0.338 e. The van der Waals surface area contributed by atoms with Crippen LogP contribution in [0.4, 0.5) is 0 Å². The number of carbonyl (C=O) groups excluding carboxylic acids is 3. The van der Waals surface area contributed by atoms with Crippen molar-refractivity contribution in [2.45, 2.75) is 41.5 Å². The number of para-hydroxylation sites is 1. The highest BCUT2D eigenvalue weighted by Gasteiger charge is 2.03. The Labute approximate surface area is 316 Å². The van der Waals surface area contributed by atoms with E-state index in [1.54, 1.807) is 52.0 Å². The molecule has 5 aromatic rings. The van der Waals surface area contributed by atoms with E-state index in [1.807, 2.05) is 19.9 Å². The number of benzene rings is 5. The summed E-state index contributed by atoms with van der Waals surface area (Å²) in [5.74, 6) is -0.501. The fourth-order valence-electron chi connectivity index (χ4n) is 3.38. The Morgan fingerprint density at radius 1 is 0.491 bits per heavy atom. The second-order valence-electron chi connectivity index (χ2n) is 9.95. The number of carbonyl (C=O) groups is 3. The summed E-state index contributed by atoms with van der Waals surface area (Å²) < 4.78 is 13.8. The largest absolute Gasteiger partial charge is 0.466 e. The summed E-state index contributed by atoms with van der Waals surface area (Å²) in [6, 6.07) is 42.3. The first-order valence-electron chi connectivity index (χ1n) is 16.8. The molecule has 0 radical (unpaired) electrons. The monoisotopic (exact) mass is 726 g/mol. The molecule has 0 spiro atoms. The van der Waals surface area contributed by atoms with Gasteiger partial charge >= 0.3 is 17.9 Å². The maximum atomic E-state index is 11.0. The molecule has 5 aromatic carbocycles. The fourth-order valence-corrected chi connectivity index (χ4v) is 3.38. The summed E-state index contributed by atoms with van der Waals surface area (Å²) >= 11 is 0. The summed E-state index contributed by atoms with van der Waals surface area (Å²) in [5, 5.41) is 19.2. The first kappa shape index (κ1) is 51.5. The third kappa shape index (κ3) is 25.7. The Balaban J connectivity index is -0.000000575. The molecule has 0 bridgehead atoms. The van der Waals surface area contributed by atoms with E-state index in [1.165, 1.54) is 28.7 Å². The summed E-state index contributed by atoms with van der Waals surface area (Å²) in [6.07, 6.45) is 0. The van der Waals surface area contributed by atoms with Gasteiger partial charge in [-0.25, -0.2) is 14.4 Å². The predicted molar refractivity (Wildman–Crippen MR) is 221 cm³/mol. The average Bonchev–Trinajstić information content (AvgIpc) is 3.21. The number of rotatable bonds is 5. The van der Waals surface area contributed by atoms with Crippen molar-refractivity contribution in [3.05, 3.63) is 164 Å². The molecule has 0 heterocycles. The van der Waals surface area contributed by atoms with E-state index in [0.717, 1.165) is 14.2 Å². The van der Waals surface area contributed by atoms with Crippen LogP contribution < -0.4 is 4.74 Å². The SMILES string of the molecule is C=C(C)C(=O)OC.C=C(C)C(=O)OCC.C=C(C)C(=O)Oc1ccccc1.CC.CO.CO.c1ccc2ccccc2c1.c1ccc2ccccc2c1. The van der Waals surface area contributed by atoms with Crippen LogP contribution in [0.1, 0.15) is 41.5 Å². The van der Waals surface area contributed by atoms with Gasteiger partial charge in [0.05, 0.1) is 13.7 Å². The topological polar surface area (TPSA) is 119 Å². The number of ether oxygens (including phenoxy) is 3. The fraction of sp³-hybridized carbons (Fsp3) is 0.222. The molecular weight excluding hydrogens is 668 g/mol. The summed E-state index contributed by atoms with van der Waals surface area (Å²) in [4.78, 5) is 31.6. The minimum Gasteiger partial charge on any atom is -0.466 e. The Bertz CT molecular complexity index is 1540.